The average Bonchev–Trinajstić information content (AvgIpc) is 3.05. The molecular weight excluding hydrogens is 406 g/mol. The molecule has 1 fully saturated rings. The van der Waals surface area contributed by atoms with Gasteiger partial charge in [0.1, 0.15) is 0 Å². The van der Waals surface area contributed by atoms with Crippen LogP contribution < -0.4 is 10.6 Å². The van der Waals surface area contributed by atoms with Gasteiger partial charge in [0, 0.05) is 19.6 Å². The first kappa shape index (κ1) is 22.2. The van der Waals surface area contributed by atoms with Crippen molar-refractivity contribution in [1.29, 1.82) is 0 Å². The van der Waals surface area contributed by atoms with Gasteiger partial charge < -0.3 is 15.5 Å². The van der Waals surface area contributed by atoms with Crippen molar-refractivity contribution in [2.24, 2.45) is 0 Å². The maximum atomic E-state index is 12.7. The number of anilines is 1. The van der Waals surface area contributed by atoms with Crippen molar-refractivity contribution in [3.63, 3.8) is 0 Å². The fraction of sp³-hybridized carbons (Fsp3) is 0.500. The van der Waals surface area contributed by atoms with Gasteiger partial charge in [-0.2, -0.15) is 0 Å². The summed E-state index contributed by atoms with van der Waals surface area (Å²) in [5, 5.41) is 7.82. The summed E-state index contributed by atoms with van der Waals surface area (Å²) in [6, 6.07) is 13.0. The number of likely N-dealkylation sites (N-methyl/N-ethyl adjacent to an activating group) is 1. The first-order valence-corrected chi connectivity index (χ1v) is 12.1. The van der Waals surface area contributed by atoms with E-state index in [-0.39, 0.29) is 5.91 Å². The number of benzene rings is 2. The van der Waals surface area contributed by atoms with Crippen LogP contribution in [0.4, 0.5) is 5.69 Å². The summed E-state index contributed by atoms with van der Waals surface area (Å²) in [6.45, 7) is 2.73. The molecule has 31 heavy (non-hydrogen) atoms. The van der Waals surface area contributed by atoms with E-state index >= 15 is 0 Å². The lowest BCUT2D eigenvalue weighted by Crippen LogP contribution is -2.39. The summed E-state index contributed by atoms with van der Waals surface area (Å²) in [5.41, 5.74) is 6.06. The molecule has 2 N–H and O–H groups in total. The fourth-order valence-corrected chi connectivity index (χ4v) is 5.12. The van der Waals surface area contributed by atoms with Crippen molar-refractivity contribution in [1.82, 2.24) is 10.2 Å². The van der Waals surface area contributed by atoms with Gasteiger partial charge in [-0.1, -0.05) is 61.2 Å². The molecule has 1 heterocycles. The van der Waals surface area contributed by atoms with E-state index < -0.39 is 0 Å². The van der Waals surface area contributed by atoms with Gasteiger partial charge in [-0.05, 0) is 67.1 Å². The van der Waals surface area contributed by atoms with Crippen LogP contribution in [0.3, 0.4) is 0 Å². The second-order valence-corrected chi connectivity index (χ2v) is 9.36. The summed E-state index contributed by atoms with van der Waals surface area (Å²) in [6.07, 6.45) is 8.61. The van der Waals surface area contributed by atoms with E-state index in [1.54, 1.807) is 0 Å². The quantitative estimate of drug-likeness (QED) is 0.667. The monoisotopic (exact) mass is 439 g/mol. The zero-order valence-electron chi connectivity index (χ0n) is 18.6. The number of nitrogens with zero attached hydrogens (tertiary/aromatic N) is 1. The molecule has 1 aliphatic carbocycles. The van der Waals surface area contributed by atoms with Crippen LogP contribution in [0.15, 0.2) is 36.4 Å². The van der Waals surface area contributed by atoms with Crippen LogP contribution in [-0.4, -0.2) is 37.0 Å². The Labute approximate surface area is 191 Å². The van der Waals surface area contributed by atoms with E-state index in [1.165, 1.54) is 36.0 Å². The minimum absolute atomic E-state index is 0.227. The van der Waals surface area contributed by atoms with E-state index in [4.69, 9.17) is 11.6 Å². The van der Waals surface area contributed by atoms with E-state index in [9.17, 15) is 4.79 Å². The molecule has 2 aromatic rings. The molecule has 0 radical (unpaired) electrons. The molecule has 1 amide bonds. The normalized spacial score (nSPS) is 17.0. The summed E-state index contributed by atoms with van der Waals surface area (Å²) >= 11 is 6.53. The van der Waals surface area contributed by atoms with Crippen LogP contribution in [0.25, 0.3) is 0 Å². The molecule has 0 bridgehead atoms. The van der Waals surface area contributed by atoms with E-state index in [2.05, 4.69) is 41.0 Å². The maximum Gasteiger partial charge on any atom is 0.226 e. The summed E-state index contributed by atoms with van der Waals surface area (Å²) in [7, 11) is 1.97. The first-order chi connectivity index (χ1) is 15.1. The molecule has 0 saturated heterocycles. The molecular formula is C26H34ClN3O. The third kappa shape index (κ3) is 5.61. The van der Waals surface area contributed by atoms with Gasteiger partial charge in [-0.15, -0.1) is 0 Å². The predicted octanol–water partition coefficient (Wildman–Crippen LogP) is 4.97. The lowest BCUT2D eigenvalue weighted by atomic mass is 9.94. The average molecular weight is 440 g/mol. The van der Waals surface area contributed by atoms with Crippen molar-refractivity contribution >= 4 is 23.2 Å². The Bertz CT molecular complexity index is 890. The predicted molar refractivity (Wildman–Crippen MR) is 129 cm³/mol. The van der Waals surface area contributed by atoms with Crippen molar-refractivity contribution in [2.45, 2.75) is 64.0 Å². The van der Waals surface area contributed by atoms with Gasteiger partial charge in [0.2, 0.25) is 5.91 Å². The van der Waals surface area contributed by atoms with Crippen molar-refractivity contribution in [3.8, 4) is 0 Å². The fourth-order valence-electron chi connectivity index (χ4n) is 4.87. The highest BCUT2D eigenvalue weighted by molar-refractivity contribution is 6.33. The molecule has 0 aromatic heterocycles. The number of hydrogen-bond donors (Lipinski definition) is 2. The maximum absolute atomic E-state index is 12.7. The summed E-state index contributed by atoms with van der Waals surface area (Å²) < 4.78 is 0. The third-order valence-corrected chi connectivity index (χ3v) is 7.16. The topological polar surface area (TPSA) is 44.4 Å². The lowest BCUT2D eigenvalue weighted by Gasteiger charge is -2.31. The molecule has 1 aliphatic heterocycles. The van der Waals surface area contributed by atoms with E-state index in [1.807, 2.05) is 18.0 Å². The Morgan fingerprint density at radius 1 is 1.03 bits per heavy atom. The minimum atomic E-state index is 0.227. The van der Waals surface area contributed by atoms with Crippen molar-refractivity contribution < 1.29 is 4.79 Å². The van der Waals surface area contributed by atoms with Gasteiger partial charge >= 0.3 is 0 Å². The highest BCUT2D eigenvalue weighted by atomic mass is 35.5. The van der Waals surface area contributed by atoms with Crippen LogP contribution in [0.2, 0.25) is 5.02 Å². The molecule has 1 saturated carbocycles. The lowest BCUT2D eigenvalue weighted by molar-refractivity contribution is -0.131. The van der Waals surface area contributed by atoms with Crippen LogP contribution in [-0.2, 0) is 30.6 Å². The summed E-state index contributed by atoms with van der Waals surface area (Å²) in [4.78, 5) is 14.7. The van der Waals surface area contributed by atoms with E-state index in [0.717, 1.165) is 61.6 Å². The molecule has 0 atom stereocenters. The summed E-state index contributed by atoms with van der Waals surface area (Å²) in [5.74, 6) is 0.227. The first-order valence-electron chi connectivity index (χ1n) is 11.7. The number of amides is 1. The largest absolute Gasteiger partial charge is 0.380 e. The number of carbonyl (C=O) groups is 1. The number of hydrogen-bond acceptors (Lipinski definition) is 3. The van der Waals surface area contributed by atoms with Gasteiger partial charge in [-0.3, -0.25) is 4.79 Å². The van der Waals surface area contributed by atoms with Gasteiger partial charge in [0.25, 0.3) is 0 Å². The Hall–Kier alpha value is -2.04. The highest BCUT2D eigenvalue weighted by Crippen LogP contribution is 2.31. The van der Waals surface area contributed by atoms with Crippen LogP contribution in [0, 0.1) is 0 Å². The number of halogens is 1. The molecule has 166 valence electrons. The zero-order valence-corrected chi connectivity index (χ0v) is 19.3. The minimum Gasteiger partial charge on any atom is -0.380 e. The second kappa shape index (κ2) is 10.5. The number of rotatable bonds is 6. The Kier molecular flexibility index (Phi) is 7.52. The SMILES string of the molecule is CN(C(=O)Cc1ccc(CNc2c(Cl)ccc3c2CCNCC3)cc1)C1CCCCC1. The van der Waals surface area contributed by atoms with Crippen molar-refractivity contribution in [3.05, 3.63) is 63.7 Å². The number of fused-ring (bicyclic) bond motifs is 1. The van der Waals surface area contributed by atoms with Crippen LogP contribution >= 0.6 is 11.6 Å². The Balaban J connectivity index is 1.36. The smallest absolute Gasteiger partial charge is 0.226 e. The van der Waals surface area contributed by atoms with Crippen molar-refractivity contribution in [2.75, 3.05) is 25.5 Å². The van der Waals surface area contributed by atoms with Gasteiger partial charge in [0.05, 0.1) is 17.1 Å². The third-order valence-electron chi connectivity index (χ3n) is 6.85. The number of nitrogens with one attached hydrogen (secondary N) is 2. The van der Waals surface area contributed by atoms with E-state index in [0.29, 0.717) is 12.5 Å². The number of carbonyl (C=O) groups excluding carboxylic acids is 1. The molecule has 0 unspecified atom stereocenters. The highest BCUT2D eigenvalue weighted by Gasteiger charge is 2.22. The molecule has 4 nitrogen and oxygen atoms in total. The standard InChI is InChI=1S/C26H34ClN3O/c1-30(22-5-3-2-4-6-22)25(31)17-19-7-9-20(10-8-19)18-29-26-23-14-16-28-15-13-21(23)11-12-24(26)27/h7-12,22,28-29H,2-6,13-18H2,1H3. The van der Waals surface area contributed by atoms with Crippen LogP contribution in [0.1, 0.15) is 54.4 Å². The molecule has 0 spiro atoms. The van der Waals surface area contributed by atoms with Gasteiger partial charge in [0.15, 0.2) is 0 Å². The van der Waals surface area contributed by atoms with Gasteiger partial charge in [-0.25, -0.2) is 0 Å². The molecule has 4 rings (SSSR count). The molecule has 2 aliphatic rings. The molecule has 2 aromatic carbocycles. The Morgan fingerprint density at radius 2 is 1.74 bits per heavy atom. The zero-order chi connectivity index (χ0) is 21.6. The second-order valence-electron chi connectivity index (χ2n) is 8.95. The Morgan fingerprint density at radius 3 is 2.52 bits per heavy atom. The molecule has 5 heteroatoms. The van der Waals surface area contributed by atoms with Crippen LogP contribution in [0.5, 0.6) is 0 Å².